The molecule has 0 aromatic heterocycles. The molecule has 0 saturated carbocycles. The molecular weight excluding hydrogens is 192 g/mol. The number of anilines is 1. The molecule has 2 N–H and O–H groups in total. The van der Waals surface area contributed by atoms with Gasteiger partial charge in [0.05, 0.1) is 5.69 Å². The van der Waals surface area contributed by atoms with E-state index in [9.17, 15) is 13.6 Å². The number of carbonyl (C=O) groups is 1. The highest BCUT2D eigenvalue weighted by Gasteiger charge is 2.09. The fourth-order valence-electron chi connectivity index (χ4n) is 0.971. The predicted molar refractivity (Wildman–Crippen MR) is 47.5 cm³/mol. The maximum absolute atomic E-state index is 11.8. The molecule has 1 aromatic carbocycles. The minimum Gasteiger partial charge on any atom is -0.433 e. The zero-order chi connectivity index (χ0) is 10.7. The predicted octanol–water partition coefficient (Wildman–Crippen LogP) is 2.07. The van der Waals surface area contributed by atoms with Gasteiger partial charge in [-0.1, -0.05) is 0 Å². The van der Waals surface area contributed by atoms with Gasteiger partial charge >= 0.3 is 6.61 Å². The molecule has 0 bridgehead atoms. The van der Waals surface area contributed by atoms with E-state index >= 15 is 0 Å². The van der Waals surface area contributed by atoms with E-state index < -0.39 is 6.61 Å². The van der Waals surface area contributed by atoms with Crippen LogP contribution >= 0.6 is 0 Å². The highest BCUT2D eigenvalue weighted by atomic mass is 19.3. The number of ketones is 1. The number of ether oxygens (including phenoxy) is 1. The van der Waals surface area contributed by atoms with Crippen molar-refractivity contribution < 1.29 is 18.3 Å². The van der Waals surface area contributed by atoms with Crippen molar-refractivity contribution in [1.82, 2.24) is 0 Å². The molecule has 0 atom stereocenters. The third-order valence-corrected chi connectivity index (χ3v) is 1.63. The monoisotopic (exact) mass is 201 g/mol. The molecule has 0 aliphatic rings. The fourth-order valence-corrected chi connectivity index (χ4v) is 0.971. The Morgan fingerprint density at radius 1 is 1.50 bits per heavy atom. The first-order chi connectivity index (χ1) is 6.50. The highest BCUT2D eigenvalue weighted by Crippen LogP contribution is 2.24. The summed E-state index contributed by atoms with van der Waals surface area (Å²) < 4.78 is 27.7. The van der Waals surface area contributed by atoms with E-state index in [-0.39, 0.29) is 17.2 Å². The minimum absolute atomic E-state index is 0.0259. The summed E-state index contributed by atoms with van der Waals surface area (Å²) in [5, 5.41) is 0. The summed E-state index contributed by atoms with van der Waals surface area (Å²) in [4.78, 5) is 10.9. The largest absolute Gasteiger partial charge is 0.433 e. The number of hydrogen-bond acceptors (Lipinski definition) is 3. The summed E-state index contributed by atoms with van der Waals surface area (Å²) in [5.41, 5.74) is 5.79. The van der Waals surface area contributed by atoms with Crippen molar-refractivity contribution >= 4 is 11.5 Å². The van der Waals surface area contributed by atoms with Gasteiger partial charge in [-0.2, -0.15) is 8.78 Å². The van der Waals surface area contributed by atoms with Crippen LogP contribution in [-0.2, 0) is 0 Å². The molecule has 5 heteroatoms. The van der Waals surface area contributed by atoms with Gasteiger partial charge < -0.3 is 10.5 Å². The van der Waals surface area contributed by atoms with Crippen LogP contribution in [0, 0.1) is 0 Å². The van der Waals surface area contributed by atoms with Gasteiger partial charge in [0.25, 0.3) is 0 Å². The lowest BCUT2D eigenvalue weighted by Crippen LogP contribution is -2.05. The SMILES string of the molecule is CC(=O)c1ccc(OC(F)F)c(N)c1. The Morgan fingerprint density at radius 2 is 2.14 bits per heavy atom. The van der Waals surface area contributed by atoms with Crippen molar-refractivity contribution in [2.24, 2.45) is 0 Å². The van der Waals surface area contributed by atoms with Gasteiger partial charge in [0, 0.05) is 5.56 Å². The summed E-state index contributed by atoms with van der Waals surface area (Å²) in [5.74, 6) is -0.301. The lowest BCUT2D eigenvalue weighted by molar-refractivity contribution is -0.0493. The molecule has 1 aromatic rings. The fraction of sp³-hybridized carbons (Fsp3) is 0.222. The van der Waals surface area contributed by atoms with Crippen LogP contribution in [0.5, 0.6) is 5.75 Å². The molecular formula is C9H9F2NO2. The highest BCUT2D eigenvalue weighted by molar-refractivity contribution is 5.95. The Morgan fingerprint density at radius 3 is 2.57 bits per heavy atom. The number of benzene rings is 1. The molecule has 0 spiro atoms. The Labute approximate surface area is 79.5 Å². The van der Waals surface area contributed by atoms with E-state index in [1.165, 1.54) is 25.1 Å². The molecule has 0 unspecified atom stereocenters. The van der Waals surface area contributed by atoms with Crippen LogP contribution < -0.4 is 10.5 Å². The third kappa shape index (κ3) is 2.42. The van der Waals surface area contributed by atoms with Crippen LogP contribution in [0.3, 0.4) is 0 Å². The van der Waals surface area contributed by atoms with Crippen LogP contribution in [0.25, 0.3) is 0 Å². The lowest BCUT2D eigenvalue weighted by Gasteiger charge is -2.07. The van der Waals surface area contributed by atoms with Crippen LogP contribution in [0.1, 0.15) is 17.3 Å². The second-order valence-electron chi connectivity index (χ2n) is 2.69. The van der Waals surface area contributed by atoms with E-state index in [1.807, 2.05) is 0 Å². The zero-order valence-electron chi connectivity index (χ0n) is 7.46. The quantitative estimate of drug-likeness (QED) is 0.601. The molecule has 0 aliphatic heterocycles. The van der Waals surface area contributed by atoms with Gasteiger partial charge in [0.15, 0.2) is 5.78 Å². The molecule has 3 nitrogen and oxygen atoms in total. The molecule has 0 aliphatic carbocycles. The first-order valence-corrected chi connectivity index (χ1v) is 3.86. The Bertz CT molecular complexity index is 353. The van der Waals surface area contributed by atoms with Gasteiger partial charge in [0.2, 0.25) is 0 Å². The topological polar surface area (TPSA) is 52.3 Å². The molecule has 14 heavy (non-hydrogen) atoms. The van der Waals surface area contributed by atoms with Crippen LogP contribution in [0.4, 0.5) is 14.5 Å². The molecule has 0 heterocycles. The summed E-state index contributed by atoms with van der Waals surface area (Å²) in [6.07, 6.45) is 0. The molecule has 0 fully saturated rings. The van der Waals surface area contributed by atoms with Crippen LogP contribution in [-0.4, -0.2) is 12.4 Å². The van der Waals surface area contributed by atoms with E-state index in [4.69, 9.17) is 5.73 Å². The minimum atomic E-state index is -2.92. The van der Waals surface area contributed by atoms with Gasteiger partial charge in [-0.15, -0.1) is 0 Å². The number of Topliss-reactive ketones (excluding diaryl/α,β-unsaturated/α-hetero) is 1. The second-order valence-corrected chi connectivity index (χ2v) is 2.69. The number of rotatable bonds is 3. The van der Waals surface area contributed by atoms with E-state index in [1.54, 1.807) is 0 Å². The van der Waals surface area contributed by atoms with Crippen molar-refractivity contribution in [2.45, 2.75) is 13.5 Å². The van der Waals surface area contributed by atoms with Gasteiger partial charge in [-0.25, -0.2) is 0 Å². The molecule has 1 rings (SSSR count). The Balaban J connectivity index is 2.95. The molecule has 0 radical (unpaired) electrons. The normalized spacial score (nSPS) is 10.3. The average Bonchev–Trinajstić information content (AvgIpc) is 2.07. The van der Waals surface area contributed by atoms with Gasteiger partial charge in [-0.3, -0.25) is 4.79 Å². The number of alkyl halides is 2. The number of nitrogens with two attached hydrogens (primary N) is 1. The summed E-state index contributed by atoms with van der Waals surface area (Å²) in [7, 11) is 0. The number of nitrogen functional groups attached to an aromatic ring is 1. The van der Waals surface area contributed by atoms with Crippen molar-refractivity contribution in [1.29, 1.82) is 0 Å². The smallest absolute Gasteiger partial charge is 0.387 e. The van der Waals surface area contributed by atoms with Crippen molar-refractivity contribution in [2.75, 3.05) is 5.73 Å². The van der Waals surface area contributed by atoms with E-state index in [2.05, 4.69) is 4.74 Å². The van der Waals surface area contributed by atoms with Crippen LogP contribution in [0.2, 0.25) is 0 Å². The third-order valence-electron chi connectivity index (χ3n) is 1.63. The van der Waals surface area contributed by atoms with E-state index in [0.717, 1.165) is 0 Å². The average molecular weight is 201 g/mol. The van der Waals surface area contributed by atoms with Crippen molar-refractivity contribution in [3.05, 3.63) is 23.8 Å². The summed E-state index contributed by atoms with van der Waals surface area (Å²) >= 11 is 0. The summed E-state index contributed by atoms with van der Waals surface area (Å²) in [6, 6.07) is 3.94. The van der Waals surface area contributed by atoms with Gasteiger partial charge in [0.1, 0.15) is 5.75 Å². The number of halogens is 2. The van der Waals surface area contributed by atoms with Crippen molar-refractivity contribution in [3.63, 3.8) is 0 Å². The standard InChI is InChI=1S/C9H9F2NO2/c1-5(13)6-2-3-8(7(12)4-6)14-9(10)11/h2-4,9H,12H2,1H3. The Kier molecular flexibility index (Phi) is 3.01. The molecule has 76 valence electrons. The van der Waals surface area contributed by atoms with Crippen LogP contribution in [0.15, 0.2) is 18.2 Å². The van der Waals surface area contributed by atoms with E-state index in [0.29, 0.717) is 5.56 Å². The maximum atomic E-state index is 11.8. The zero-order valence-corrected chi connectivity index (χ0v) is 7.46. The summed E-state index contributed by atoms with van der Waals surface area (Å²) in [6.45, 7) is -1.55. The maximum Gasteiger partial charge on any atom is 0.387 e. The second kappa shape index (κ2) is 4.04. The molecule has 0 amide bonds. The van der Waals surface area contributed by atoms with Gasteiger partial charge in [-0.05, 0) is 25.1 Å². The first-order valence-electron chi connectivity index (χ1n) is 3.86. The first kappa shape index (κ1) is 10.4. The number of carbonyl (C=O) groups excluding carboxylic acids is 1. The lowest BCUT2D eigenvalue weighted by atomic mass is 10.1. The molecule has 0 saturated heterocycles. The van der Waals surface area contributed by atoms with Crippen molar-refractivity contribution in [3.8, 4) is 5.75 Å². The number of hydrogen-bond donors (Lipinski definition) is 1. The Hall–Kier alpha value is -1.65.